The highest BCUT2D eigenvalue weighted by molar-refractivity contribution is 7.12. The normalized spacial score (nSPS) is 12.5. The van der Waals surface area contributed by atoms with Gasteiger partial charge in [0.15, 0.2) is 0 Å². The van der Waals surface area contributed by atoms with Crippen molar-refractivity contribution in [2.75, 3.05) is 7.11 Å². The Kier molecular flexibility index (Phi) is 3.53. The Morgan fingerprint density at radius 3 is 2.90 bits per heavy atom. The molecular weight excluding hydrogens is 288 g/mol. The maximum atomic E-state index is 12.3. The molecule has 3 rings (SSSR count). The maximum Gasteiger partial charge on any atom is 0.412 e. The van der Waals surface area contributed by atoms with Crippen LogP contribution in [0.5, 0.6) is 0 Å². The molecule has 1 N–H and O–H groups in total. The zero-order valence-electron chi connectivity index (χ0n) is 11.3. The van der Waals surface area contributed by atoms with Crippen LogP contribution in [0.2, 0.25) is 0 Å². The van der Waals surface area contributed by atoms with E-state index in [1.54, 1.807) is 18.2 Å². The van der Waals surface area contributed by atoms with Crippen molar-refractivity contribution in [2.45, 2.75) is 6.42 Å². The number of fused-ring (bicyclic) bond motifs is 1. The Balaban J connectivity index is 1.80. The third kappa shape index (κ3) is 2.71. The molecule has 1 aromatic carbocycles. The van der Waals surface area contributed by atoms with E-state index in [2.05, 4.69) is 15.0 Å². The molecule has 0 radical (unpaired) electrons. The van der Waals surface area contributed by atoms with Gasteiger partial charge in [-0.05, 0) is 35.2 Å². The number of hydrogen-bond donors (Lipinski definition) is 1. The van der Waals surface area contributed by atoms with E-state index in [1.807, 2.05) is 17.5 Å². The predicted molar refractivity (Wildman–Crippen MR) is 80.5 cm³/mol. The van der Waals surface area contributed by atoms with Crippen LogP contribution in [-0.2, 0) is 11.2 Å². The van der Waals surface area contributed by atoms with Gasteiger partial charge in [-0.3, -0.25) is 10.1 Å². The molecule has 0 unspecified atom stereocenters. The smallest absolute Gasteiger partial charge is 0.412 e. The Bertz CT molecular complexity index is 735. The highest BCUT2D eigenvalue weighted by Crippen LogP contribution is 2.28. The van der Waals surface area contributed by atoms with Gasteiger partial charge in [0.25, 0.3) is 0 Å². The number of benzene rings is 1. The van der Waals surface area contributed by atoms with Crippen molar-refractivity contribution in [3.05, 3.63) is 51.7 Å². The van der Waals surface area contributed by atoms with Crippen molar-refractivity contribution in [1.29, 1.82) is 0 Å². The van der Waals surface area contributed by atoms with Crippen LogP contribution in [0.4, 0.5) is 10.5 Å². The number of aliphatic imine (C=N–C) groups is 1. The Labute approximate surface area is 125 Å². The van der Waals surface area contributed by atoms with Gasteiger partial charge in [0.1, 0.15) is 5.84 Å². The predicted octanol–water partition coefficient (Wildman–Crippen LogP) is 2.92. The molecule has 1 aromatic heterocycles. The number of thiophene rings is 1. The van der Waals surface area contributed by atoms with Crippen LogP contribution in [0.3, 0.4) is 0 Å². The van der Waals surface area contributed by atoms with E-state index < -0.39 is 6.09 Å². The number of ether oxygens (including phenoxy) is 1. The summed E-state index contributed by atoms with van der Waals surface area (Å²) in [6, 6.07) is 9.04. The average molecular weight is 300 g/mol. The molecule has 21 heavy (non-hydrogen) atoms. The molecule has 0 aliphatic carbocycles. The zero-order chi connectivity index (χ0) is 14.8. The molecular formula is C15H12N2O3S. The van der Waals surface area contributed by atoms with Crippen LogP contribution in [-0.4, -0.2) is 24.8 Å². The summed E-state index contributed by atoms with van der Waals surface area (Å²) in [5, 5.41) is 4.43. The van der Waals surface area contributed by atoms with Crippen LogP contribution in [0.1, 0.15) is 20.8 Å². The minimum Gasteiger partial charge on any atom is -0.453 e. The largest absolute Gasteiger partial charge is 0.453 e. The van der Waals surface area contributed by atoms with Gasteiger partial charge in [0.05, 0.1) is 17.7 Å². The number of rotatable bonds is 2. The van der Waals surface area contributed by atoms with E-state index in [1.165, 1.54) is 18.4 Å². The van der Waals surface area contributed by atoms with Crippen molar-refractivity contribution in [3.63, 3.8) is 0 Å². The number of amidine groups is 1. The second-order valence-corrected chi connectivity index (χ2v) is 5.45. The van der Waals surface area contributed by atoms with Crippen molar-refractivity contribution >= 4 is 34.7 Å². The molecule has 0 saturated carbocycles. The first-order valence-electron chi connectivity index (χ1n) is 6.31. The Morgan fingerprint density at radius 2 is 2.19 bits per heavy atom. The molecule has 6 heteroatoms. The molecule has 2 heterocycles. The van der Waals surface area contributed by atoms with Crippen LogP contribution < -0.4 is 5.32 Å². The number of alkyl carbamates (subject to hydrolysis) is 1. The summed E-state index contributed by atoms with van der Waals surface area (Å²) in [7, 11) is 1.30. The van der Waals surface area contributed by atoms with Crippen LogP contribution >= 0.6 is 11.3 Å². The molecule has 0 saturated heterocycles. The van der Waals surface area contributed by atoms with Gasteiger partial charge in [0.2, 0.25) is 5.78 Å². The number of carbonyl (C=O) groups excluding carboxylic acids is 2. The van der Waals surface area contributed by atoms with Crippen LogP contribution in [0.25, 0.3) is 0 Å². The first-order chi connectivity index (χ1) is 10.2. The van der Waals surface area contributed by atoms with Crippen LogP contribution in [0, 0.1) is 0 Å². The summed E-state index contributed by atoms with van der Waals surface area (Å²) in [5.74, 6) is 0.528. The molecule has 106 valence electrons. The highest BCUT2D eigenvalue weighted by Gasteiger charge is 2.19. The molecule has 0 spiro atoms. The van der Waals surface area contributed by atoms with Gasteiger partial charge in [-0.25, -0.2) is 9.79 Å². The summed E-state index contributed by atoms with van der Waals surface area (Å²) < 4.78 is 4.54. The van der Waals surface area contributed by atoms with Crippen LogP contribution in [0.15, 0.2) is 40.7 Å². The SMILES string of the molecule is COC(=O)NC1=Nc2ccc(C(=O)c3cccs3)cc2C1. The highest BCUT2D eigenvalue weighted by atomic mass is 32.1. The lowest BCUT2D eigenvalue weighted by atomic mass is 10.0. The fourth-order valence-corrected chi connectivity index (χ4v) is 2.82. The molecule has 0 bridgehead atoms. The zero-order valence-corrected chi connectivity index (χ0v) is 12.1. The van der Waals surface area contributed by atoms with E-state index in [4.69, 9.17) is 0 Å². The van der Waals surface area contributed by atoms with Crippen molar-refractivity contribution in [3.8, 4) is 0 Å². The first-order valence-corrected chi connectivity index (χ1v) is 7.19. The topological polar surface area (TPSA) is 67.8 Å². The van der Waals surface area contributed by atoms with Gasteiger partial charge < -0.3 is 4.74 Å². The number of hydrogen-bond acceptors (Lipinski definition) is 5. The lowest BCUT2D eigenvalue weighted by molar-refractivity contribution is 0.104. The fraction of sp³-hybridized carbons (Fsp3) is 0.133. The fourth-order valence-electron chi connectivity index (χ4n) is 2.13. The second kappa shape index (κ2) is 5.49. The number of nitrogens with one attached hydrogen (secondary N) is 1. The number of methoxy groups -OCH3 is 1. The van der Waals surface area contributed by atoms with Crippen molar-refractivity contribution in [1.82, 2.24) is 5.32 Å². The maximum absolute atomic E-state index is 12.3. The third-order valence-corrected chi connectivity index (χ3v) is 4.00. The van der Waals surface area contributed by atoms with E-state index >= 15 is 0 Å². The number of carbonyl (C=O) groups is 2. The lowest BCUT2D eigenvalue weighted by Crippen LogP contribution is -2.30. The minimum atomic E-state index is -0.545. The van der Waals surface area contributed by atoms with E-state index in [0.29, 0.717) is 22.7 Å². The summed E-state index contributed by atoms with van der Waals surface area (Å²) in [6.07, 6.45) is -0.0628. The first kappa shape index (κ1) is 13.5. The third-order valence-electron chi connectivity index (χ3n) is 3.13. The summed E-state index contributed by atoms with van der Waals surface area (Å²) >= 11 is 1.42. The van der Waals surface area contributed by atoms with Crippen molar-refractivity contribution < 1.29 is 14.3 Å². The Hall–Kier alpha value is -2.47. The minimum absolute atomic E-state index is 0.00202. The number of nitrogens with zero attached hydrogens (tertiary/aromatic N) is 1. The molecule has 0 fully saturated rings. The average Bonchev–Trinajstić information content (AvgIpc) is 3.14. The number of amides is 1. The van der Waals surface area contributed by atoms with Crippen molar-refractivity contribution in [2.24, 2.45) is 4.99 Å². The molecule has 1 aliphatic rings. The van der Waals surface area contributed by atoms with Gasteiger partial charge in [-0.2, -0.15) is 0 Å². The number of ketones is 1. The standard InChI is InChI=1S/C15H12N2O3S/c1-20-15(19)17-13-8-10-7-9(4-5-11(10)16-13)14(18)12-3-2-6-21-12/h2-7H,8H2,1H3,(H,16,17,19). The molecule has 5 nitrogen and oxygen atoms in total. The molecule has 1 amide bonds. The summed E-state index contributed by atoms with van der Waals surface area (Å²) in [5.41, 5.74) is 2.32. The van der Waals surface area contributed by atoms with Gasteiger partial charge >= 0.3 is 6.09 Å². The molecule has 0 atom stereocenters. The quantitative estimate of drug-likeness (QED) is 0.867. The summed E-state index contributed by atoms with van der Waals surface area (Å²) in [6.45, 7) is 0. The Morgan fingerprint density at radius 1 is 1.33 bits per heavy atom. The van der Waals surface area contributed by atoms with E-state index in [-0.39, 0.29) is 5.78 Å². The monoisotopic (exact) mass is 300 g/mol. The molecule has 2 aromatic rings. The van der Waals surface area contributed by atoms with E-state index in [9.17, 15) is 9.59 Å². The second-order valence-electron chi connectivity index (χ2n) is 4.50. The summed E-state index contributed by atoms with van der Waals surface area (Å²) in [4.78, 5) is 28.5. The molecule has 1 aliphatic heterocycles. The lowest BCUT2D eigenvalue weighted by Gasteiger charge is -2.02. The van der Waals surface area contributed by atoms with Gasteiger partial charge in [0, 0.05) is 12.0 Å². The van der Waals surface area contributed by atoms with Gasteiger partial charge in [-0.1, -0.05) is 6.07 Å². The van der Waals surface area contributed by atoms with E-state index in [0.717, 1.165) is 11.3 Å². The van der Waals surface area contributed by atoms with Gasteiger partial charge in [-0.15, -0.1) is 11.3 Å².